The van der Waals surface area contributed by atoms with Gasteiger partial charge in [0, 0.05) is 16.8 Å². The number of benzene rings is 1. The smallest absolute Gasteiger partial charge is 0.230 e. The molecule has 0 saturated heterocycles. The van der Waals surface area contributed by atoms with Gasteiger partial charge < -0.3 is 5.32 Å². The molecule has 7 heteroatoms. The fourth-order valence-electron chi connectivity index (χ4n) is 2.95. The van der Waals surface area contributed by atoms with Crippen LogP contribution in [0, 0.1) is 19.7 Å². The average molecular weight is 386 g/mol. The summed E-state index contributed by atoms with van der Waals surface area (Å²) in [6.07, 6.45) is 3.47. The Hall–Kier alpha value is -2.54. The predicted molar refractivity (Wildman–Crippen MR) is 106 cm³/mol. The van der Waals surface area contributed by atoms with Gasteiger partial charge in [-0.1, -0.05) is 13.3 Å². The minimum Gasteiger partial charge on any atom is -0.326 e. The quantitative estimate of drug-likeness (QED) is 0.645. The van der Waals surface area contributed by atoms with E-state index in [2.05, 4.69) is 29.2 Å². The van der Waals surface area contributed by atoms with E-state index in [0.717, 1.165) is 35.8 Å². The summed E-state index contributed by atoms with van der Waals surface area (Å²) in [6, 6.07) is 5.70. The second-order valence-corrected chi connectivity index (χ2v) is 7.35. The lowest BCUT2D eigenvalue weighted by molar-refractivity contribution is -0.115. The number of unbranched alkanes of at least 4 members (excludes halogenated alkanes) is 1. The molecule has 0 atom stereocenters. The molecule has 27 heavy (non-hydrogen) atoms. The van der Waals surface area contributed by atoms with Crippen LogP contribution in [0.1, 0.15) is 42.4 Å². The van der Waals surface area contributed by atoms with E-state index in [4.69, 9.17) is 0 Å². The lowest BCUT2D eigenvalue weighted by atomic mass is 10.1. The summed E-state index contributed by atoms with van der Waals surface area (Å²) in [4.78, 5) is 16.8. The van der Waals surface area contributed by atoms with E-state index >= 15 is 0 Å². The molecule has 0 bridgehead atoms. The van der Waals surface area contributed by atoms with Crippen LogP contribution in [0.25, 0.3) is 5.13 Å². The second-order valence-electron chi connectivity index (χ2n) is 6.52. The first-order valence-electron chi connectivity index (χ1n) is 9.03. The summed E-state index contributed by atoms with van der Waals surface area (Å²) >= 11 is 1.47. The molecular weight excluding hydrogens is 363 g/mol. The monoisotopic (exact) mass is 386 g/mol. The van der Waals surface area contributed by atoms with Gasteiger partial charge in [-0.2, -0.15) is 5.10 Å². The van der Waals surface area contributed by atoms with E-state index in [1.54, 1.807) is 0 Å². The first kappa shape index (κ1) is 19.2. The summed E-state index contributed by atoms with van der Waals surface area (Å²) in [5.41, 5.74) is 4.68. The largest absolute Gasteiger partial charge is 0.326 e. The van der Waals surface area contributed by atoms with E-state index in [0.29, 0.717) is 11.4 Å². The third-order valence-corrected chi connectivity index (χ3v) is 5.28. The van der Waals surface area contributed by atoms with Gasteiger partial charge in [0.15, 0.2) is 0 Å². The van der Waals surface area contributed by atoms with Gasteiger partial charge in [-0.05, 0) is 56.5 Å². The first-order valence-corrected chi connectivity index (χ1v) is 9.91. The summed E-state index contributed by atoms with van der Waals surface area (Å²) in [6.45, 7) is 6.27. The van der Waals surface area contributed by atoms with Crippen LogP contribution >= 0.6 is 11.3 Å². The molecule has 0 aliphatic heterocycles. The highest BCUT2D eigenvalue weighted by Crippen LogP contribution is 2.22. The van der Waals surface area contributed by atoms with Gasteiger partial charge in [0.05, 0.1) is 17.8 Å². The molecule has 3 rings (SSSR count). The Balaban J connectivity index is 1.69. The van der Waals surface area contributed by atoms with Gasteiger partial charge in [0.2, 0.25) is 11.0 Å². The number of amides is 1. The fraction of sp³-hybridized carbons (Fsp3) is 0.350. The number of halogens is 1. The molecule has 1 aromatic carbocycles. The lowest BCUT2D eigenvalue weighted by Gasteiger charge is -2.04. The van der Waals surface area contributed by atoms with Gasteiger partial charge in [-0.25, -0.2) is 14.1 Å². The number of hydrogen-bond acceptors (Lipinski definition) is 4. The zero-order valence-corrected chi connectivity index (χ0v) is 16.6. The number of aryl methyl sites for hydroxylation is 1. The molecule has 0 fully saturated rings. The number of nitrogens with zero attached hydrogens (tertiary/aromatic N) is 3. The third-order valence-electron chi connectivity index (χ3n) is 4.41. The molecule has 0 aliphatic carbocycles. The topological polar surface area (TPSA) is 59.8 Å². The third kappa shape index (κ3) is 4.60. The number of hydrogen-bond donors (Lipinski definition) is 1. The Labute approximate surface area is 162 Å². The van der Waals surface area contributed by atoms with Crippen molar-refractivity contribution in [1.82, 2.24) is 14.8 Å². The second kappa shape index (κ2) is 8.43. The molecule has 3 aromatic rings. The first-order chi connectivity index (χ1) is 13.0. The Morgan fingerprint density at radius 1 is 1.26 bits per heavy atom. The highest BCUT2D eigenvalue weighted by Gasteiger charge is 2.15. The van der Waals surface area contributed by atoms with Gasteiger partial charge in [0.1, 0.15) is 5.82 Å². The molecule has 0 unspecified atom stereocenters. The molecule has 5 nitrogen and oxygen atoms in total. The van der Waals surface area contributed by atoms with Gasteiger partial charge in [0.25, 0.3) is 0 Å². The van der Waals surface area contributed by atoms with E-state index in [-0.39, 0.29) is 18.1 Å². The van der Waals surface area contributed by atoms with Crippen LogP contribution in [-0.2, 0) is 17.6 Å². The molecular formula is C20H23FN4OS. The summed E-state index contributed by atoms with van der Waals surface area (Å²) in [7, 11) is 0. The maximum Gasteiger partial charge on any atom is 0.230 e. The van der Waals surface area contributed by atoms with Gasteiger partial charge in [-0.15, -0.1) is 11.3 Å². The van der Waals surface area contributed by atoms with Crippen LogP contribution in [0.4, 0.5) is 10.1 Å². The SMILES string of the molecule is CCCCc1c(C)nn(-c2nc(CC(=O)Nc3ccc(F)cc3)cs2)c1C. The van der Waals surface area contributed by atoms with Crippen molar-refractivity contribution in [3.05, 3.63) is 58.1 Å². The number of rotatable bonds is 7. The maximum atomic E-state index is 12.9. The lowest BCUT2D eigenvalue weighted by Crippen LogP contribution is -2.14. The number of thiazole rings is 1. The molecule has 142 valence electrons. The van der Waals surface area contributed by atoms with Crippen LogP contribution in [0.15, 0.2) is 29.6 Å². The highest BCUT2D eigenvalue weighted by molar-refractivity contribution is 7.12. The molecule has 0 radical (unpaired) electrons. The van der Waals surface area contributed by atoms with Crippen LogP contribution in [0.5, 0.6) is 0 Å². The Morgan fingerprint density at radius 3 is 2.70 bits per heavy atom. The minimum atomic E-state index is -0.333. The average Bonchev–Trinajstić information content (AvgIpc) is 3.20. The van der Waals surface area contributed by atoms with Crippen molar-refractivity contribution >= 4 is 22.9 Å². The van der Waals surface area contributed by atoms with E-state index in [9.17, 15) is 9.18 Å². The molecule has 0 saturated carbocycles. The van der Waals surface area contributed by atoms with Crippen molar-refractivity contribution in [1.29, 1.82) is 0 Å². The molecule has 1 N–H and O–H groups in total. The molecule has 2 aromatic heterocycles. The van der Waals surface area contributed by atoms with Crippen LogP contribution in [0.2, 0.25) is 0 Å². The normalized spacial score (nSPS) is 11.0. The molecule has 0 aliphatic rings. The summed E-state index contributed by atoms with van der Waals surface area (Å²) in [5.74, 6) is -0.518. The number of carbonyl (C=O) groups is 1. The standard InChI is InChI=1S/C20H23FN4OS/c1-4-5-6-18-13(2)24-25(14(18)3)20-23-17(12-27-20)11-19(26)22-16-9-7-15(21)8-10-16/h7-10,12H,4-6,11H2,1-3H3,(H,22,26). The van der Waals surface area contributed by atoms with Crippen molar-refractivity contribution in [2.75, 3.05) is 5.32 Å². The minimum absolute atomic E-state index is 0.163. The summed E-state index contributed by atoms with van der Waals surface area (Å²) < 4.78 is 14.8. The van der Waals surface area contributed by atoms with Crippen LogP contribution in [-0.4, -0.2) is 20.7 Å². The molecule has 1 amide bonds. The van der Waals surface area contributed by atoms with Gasteiger partial charge >= 0.3 is 0 Å². The van der Waals surface area contributed by atoms with Gasteiger partial charge in [-0.3, -0.25) is 4.79 Å². The van der Waals surface area contributed by atoms with Crippen LogP contribution < -0.4 is 5.32 Å². The maximum absolute atomic E-state index is 12.9. The van der Waals surface area contributed by atoms with Crippen molar-refractivity contribution in [3.63, 3.8) is 0 Å². The van der Waals surface area contributed by atoms with E-state index in [1.165, 1.54) is 41.2 Å². The van der Waals surface area contributed by atoms with Crippen molar-refractivity contribution in [2.24, 2.45) is 0 Å². The number of aromatic nitrogens is 3. The van der Waals surface area contributed by atoms with Crippen LogP contribution in [0.3, 0.4) is 0 Å². The number of nitrogens with one attached hydrogen (secondary N) is 1. The Bertz CT molecular complexity index is 930. The number of anilines is 1. The summed E-state index contributed by atoms with van der Waals surface area (Å²) in [5, 5.41) is 10.0. The predicted octanol–water partition coefficient (Wildman–Crippen LogP) is 4.61. The zero-order chi connectivity index (χ0) is 19.4. The Kier molecular flexibility index (Phi) is 6.01. The molecule has 0 spiro atoms. The van der Waals surface area contributed by atoms with E-state index in [1.807, 2.05) is 17.0 Å². The van der Waals surface area contributed by atoms with E-state index < -0.39 is 0 Å². The zero-order valence-electron chi connectivity index (χ0n) is 15.8. The fourth-order valence-corrected chi connectivity index (χ4v) is 3.78. The van der Waals surface area contributed by atoms with Crippen molar-refractivity contribution < 1.29 is 9.18 Å². The Morgan fingerprint density at radius 2 is 2.00 bits per heavy atom. The molecule has 2 heterocycles. The van der Waals surface area contributed by atoms with Crippen molar-refractivity contribution in [2.45, 2.75) is 46.5 Å². The highest BCUT2D eigenvalue weighted by atomic mass is 32.1. The number of carbonyl (C=O) groups excluding carboxylic acids is 1. The van der Waals surface area contributed by atoms with Crippen molar-refractivity contribution in [3.8, 4) is 5.13 Å².